The third-order valence-corrected chi connectivity index (χ3v) is 5.74. The number of amides is 3. The molecule has 0 spiro atoms. The van der Waals surface area contributed by atoms with Crippen molar-refractivity contribution in [3.8, 4) is 0 Å². The van der Waals surface area contributed by atoms with Crippen LogP contribution in [0.3, 0.4) is 0 Å². The average molecular weight is 454 g/mol. The first-order valence-corrected chi connectivity index (χ1v) is 13.4. The van der Waals surface area contributed by atoms with Gasteiger partial charge in [0.1, 0.15) is 0 Å². The standard InChI is InChI=1S/C26H51N3O3/c1-4-7-10-13-17-24(30)27-20-16-22-29(26(32)19-15-12-9-6-3)23-21-28-25(31)18-14-11-8-5-2/h4-23H2,1-3H3,(H,27,30)(H,28,31). The highest BCUT2D eigenvalue weighted by Crippen LogP contribution is 2.07. The predicted molar refractivity (Wildman–Crippen MR) is 133 cm³/mol. The van der Waals surface area contributed by atoms with Gasteiger partial charge in [-0.3, -0.25) is 14.4 Å². The summed E-state index contributed by atoms with van der Waals surface area (Å²) in [4.78, 5) is 38.5. The van der Waals surface area contributed by atoms with Crippen LogP contribution in [-0.2, 0) is 14.4 Å². The van der Waals surface area contributed by atoms with Crippen LogP contribution in [0, 0.1) is 0 Å². The summed E-state index contributed by atoms with van der Waals surface area (Å²) in [5.41, 5.74) is 0. The van der Waals surface area contributed by atoms with Gasteiger partial charge in [0.15, 0.2) is 0 Å². The van der Waals surface area contributed by atoms with Crippen LogP contribution >= 0.6 is 0 Å². The Kier molecular flexibility index (Phi) is 21.5. The molecule has 3 amide bonds. The van der Waals surface area contributed by atoms with E-state index < -0.39 is 0 Å². The molecule has 0 aliphatic carbocycles. The third kappa shape index (κ3) is 19.1. The topological polar surface area (TPSA) is 78.5 Å². The van der Waals surface area contributed by atoms with Gasteiger partial charge in [0.05, 0.1) is 0 Å². The van der Waals surface area contributed by atoms with Gasteiger partial charge >= 0.3 is 0 Å². The monoisotopic (exact) mass is 453 g/mol. The van der Waals surface area contributed by atoms with E-state index >= 15 is 0 Å². The zero-order valence-corrected chi connectivity index (χ0v) is 21.3. The minimum atomic E-state index is 0.0757. The summed E-state index contributed by atoms with van der Waals surface area (Å²) < 4.78 is 0. The molecule has 0 aromatic heterocycles. The lowest BCUT2D eigenvalue weighted by Crippen LogP contribution is -2.40. The molecule has 0 heterocycles. The minimum Gasteiger partial charge on any atom is -0.356 e. The van der Waals surface area contributed by atoms with Crippen molar-refractivity contribution in [2.45, 2.75) is 124 Å². The molecule has 0 aliphatic rings. The summed E-state index contributed by atoms with van der Waals surface area (Å²) >= 11 is 0. The quantitative estimate of drug-likeness (QED) is 0.217. The zero-order valence-electron chi connectivity index (χ0n) is 21.3. The highest BCUT2D eigenvalue weighted by atomic mass is 16.2. The van der Waals surface area contributed by atoms with Crippen molar-refractivity contribution in [3.63, 3.8) is 0 Å². The number of carbonyl (C=O) groups is 3. The van der Waals surface area contributed by atoms with E-state index in [4.69, 9.17) is 0 Å². The van der Waals surface area contributed by atoms with E-state index in [0.29, 0.717) is 45.4 Å². The lowest BCUT2D eigenvalue weighted by Gasteiger charge is -2.23. The lowest BCUT2D eigenvalue weighted by molar-refractivity contribution is -0.132. The van der Waals surface area contributed by atoms with E-state index in [9.17, 15) is 14.4 Å². The van der Waals surface area contributed by atoms with Crippen LogP contribution in [-0.4, -0.2) is 48.8 Å². The Hall–Kier alpha value is -1.59. The molecule has 0 atom stereocenters. The van der Waals surface area contributed by atoms with E-state index in [2.05, 4.69) is 31.4 Å². The molecule has 0 saturated carbocycles. The largest absolute Gasteiger partial charge is 0.356 e. The minimum absolute atomic E-state index is 0.0757. The van der Waals surface area contributed by atoms with Gasteiger partial charge in [0.25, 0.3) is 0 Å². The summed E-state index contributed by atoms with van der Waals surface area (Å²) in [6, 6.07) is 0. The van der Waals surface area contributed by atoms with Gasteiger partial charge in [-0.05, 0) is 25.7 Å². The van der Waals surface area contributed by atoms with E-state index in [0.717, 1.165) is 64.2 Å². The highest BCUT2D eigenvalue weighted by Gasteiger charge is 2.13. The Morgan fingerprint density at radius 1 is 0.531 bits per heavy atom. The lowest BCUT2D eigenvalue weighted by atomic mass is 10.1. The third-order valence-electron chi connectivity index (χ3n) is 5.74. The molecule has 6 heteroatoms. The van der Waals surface area contributed by atoms with Crippen molar-refractivity contribution in [1.82, 2.24) is 15.5 Å². The number of hydrogen-bond acceptors (Lipinski definition) is 3. The Bertz CT molecular complexity index is 483. The molecule has 0 fully saturated rings. The highest BCUT2D eigenvalue weighted by molar-refractivity contribution is 5.77. The fourth-order valence-corrected chi connectivity index (χ4v) is 3.65. The van der Waals surface area contributed by atoms with Gasteiger partial charge in [-0.15, -0.1) is 0 Å². The van der Waals surface area contributed by atoms with Gasteiger partial charge in [-0.1, -0.05) is 78.6 Å². The second kappa shape index (κ2) is 22.6. The van der Waals surface area contributed by atoms with Crippen molar-refractivity contribution >= 4 is 17.7 Å². The Morgan fingerprint density at radius 3 is 1.50 bits per heavy atom. The van der Waals surface area contributed by atoms with E-state index in [1.807, 2.05) is 4.90 Å². The van der Waals surface area contributed by atoms with Crippen molar-refractivity contribution in [3.05, 3.63) is 0 Å². The number of hydrogen-bond donors (Lipinski definition) is 2. The summed E-state index contributed by atoms with van der Waals surface area (Å²) in [5.74, 6) is 0.338. The SMILES string of the molecule is CCCCCCC(=O)NCCCN(CCNC(=O)CCCCCC)C(=O)CCCCCC. The number of unbranched alkanes of at least 4 members (excludes halogenated alkanes) is 9. The van der Waals surface area contributed by atoms with Crippen LogP contribution in [0.15, 0.2) is 0 Å². The molecule has 32 heavy (non-hydrogen) atoms. The summed E-state index contributed by atoms with van der Waals surface area (Å²) in [6.45, 7) is 8.74. The van der Waals surface area contributed by atoms with Crippen LogP contribution in [0.2, 0.25) is 0 Å². The molecular weight excluding hydrogens is 402 g/mol. The number of carbonyl (C=O) groups excluding carboxylic acids is 3. The summed E-state index contributed by atoms with van der Waals surface area (Å²) in [6.07, 6.45) is 15.5. The molecule has 0 radical (unpaired) electrons. The average Bonchev–Trinajstić information content (AvgIpc) is 2.78. The first kappa shape index (κ1) is 30.4. The van der Waals surface area contributed by atoms with Crippen LogP contribution in [0.25, 0.3) is 0 Å². The molecule has 0 aliphatic heterocycles. The van der Waals surface area contributed by atoms with Crippen LogP contribution < -0.4 is 10.6 Å². The van der Waals surface area contributed by atoms with E-state index in [1.165, 1.54) is 19.3 Å². The summed E-state index contributed by atoms with van der Waals surface area (Å²) in [7, 11) is 0. The van der Waals surface area contributed by atoms with Gasteiger partial charge in [-0.2, -0.15) is 0 Å². The van der Waals surface area contributed by atoms with Crippen molar-refractivity contribution in [2.75, 3.05) is 26.2 Å². The molecule has 0 unspecified atom stereocenters. The van der Waals surface area contributed by atoms with Crippen LogP contribution in [0.4, 0.5) is 0 Å². The van der Waals surface area contributed by atoms with E-state index in [-0.39, 0.29) is 17.7 Å². The van der Waals surface area contributed by atoms with E-state index in [1.54, 1.807) is 0 Å². The second-order valence-corrected chi connectivity index (χ2v) is 8.87. The number of nitrogens with one attached hydrogen (secondary N) is 2. The maximum absolute atomic E-state index is 12.7. The predicted octanol–water partition coefficient (Wildman–Crippen LogP) is 5.35. The number of nitrogens with zero attached hydrogens (tertiary/aromatic N) is 1. The molecule has 6 nitrogen and oxygen atoms in total. The molecule has 0 saturated heterocycles. The fraction of sp³-hybridized carbons (Fsp3) is 0.885. The normalized spacial score (nSPS) is 10.7. The van der Waals surface area contributed by atoms with Gasteiger partial charge in [0, 0.05) is 45.4 Å². The van der Waals surface area contributed by atoms with Crippen LogP contribution in [0.5, 0.6) is 0 Å². The molecule has 0 aromatic rings. The van der Waals surface area contributed by atoms with Crippen LogP contribution in [0.1, 0.15) is 124 Å². The van der Waals surface area contributed by atoms with Gasteiger partial charge in [-0.25, -0.2) is 0 Å². The molecule has 0 rings (SSSR count). The Labute approximate surface area is 197 Å². The van der Waals surface area contributed by atoms with Crippen molar-refractivity contribution < 1.29 is 14.4 Å². The molecule has 2 N–H and O–H groups in total. The molecule has 188 valence electrons. The Morgan fingerprint density at radius 2 is 1.00 bits per heavy atom. The molecule has 0 bridgehead atoms. The fourth-order valence-electron chi connectivity index (χ4n) is 3.65. The van der Waals surface area contributed by atoms with Gasteiger partial charge < -0.3 is 15.5 Å². The Balaban J connectivity index is 4.26. The summed E-state index contributed by atoms with van der Waals surface area (Å²) in [5, 5.41) is 5.94. The second-order valence-electron chi connectivity index (χ2n) is 8.87. The first-order valence-electron chi connectivity index (χ1n) is 13.4. The van der Waals surface area contributed by atoms with Crippen molar-refractivity contribution in [1.29, 1.82) is 0 Å². The smallest absolute Gasteiger partial charge is 0.222 e. The maximum Gasteiger partial charge on any atom is 0.222 e. The first-order chi connectivity index (χ1) is 15.5. The van der Waals surface area contributed by atoms with Gasteiger partial charge in [0.2, 0.25) is 17.7 Å². The maximum atomic E-state index is 12.7. The zero-order chi connectivity index (χ0) is 23.9. The molecule has 0 aromatic carbocycles. The van der Waals surface area contributed by atoms with Crippen molar-refractivity contribution in [2.24, 2.45) is 0 Å². The molecular formula is C26H51N3O3. The number of rotatable bonds is 22.